The number of rotatable bonds is 2. The van der Waals surface area contributed by atoms with Crippen molar-refractivity contribution in [1.29, 1.82) is 0 Å². The highest BCUT2D eigenvalue weighted by Crippen LogP contribution is 2.34. The summed E-state index contributed by atoms with van der Waals surface area (Å²) in [6.07, 6.45) is 1.50. The average molecular weight is 258 g/mol. The van der Waals surface area contributed by atoms with E-state index in [9.17, 15) is 8.78 Å². The Labute approximate surface area is 105 Å². The number of anilines is 1. The van der Waals surface area contributed by atoms with E-state index in [1.54, 1.807) is 12.1 Å². The van der Waals surface area contributed by atoms with Crippen LogP contribution >= 0.6 is 11.6 Å². The topological polar surface area (TPSA) is 3.24 Å². The molecule has 1 saturated heterocycles. The lowest BCUT2D eigenvalue weighted by atomic mass is 10.1. The maximum Gasteiger partial charge on any atom is 0.251 e. The predicted octanol–water partition coefficient (Wildman–Crippen LogP) is 4.22. The fourth-order valence-corrected chi connectivity index (χ4v) is 2.29. The minimum absolute atomic E-state index is 0.105. The zero-order valence-electron chi connectivity index (χ0n) is 9.43. The van der Waals surface area contributed by atoms with E-state index in [1.165, 1.54) is 0 Å². The van der Waals surface area contributed by atoms with Crippen molar-refractivity contribution in [3.05, 3.63) is 35.4 Å². The number of hydrogen-bond acceptors (Lipinski definition) is 1. The maximum absolute atomic E-state index is 13.0. The van der Waals surface area contributed by atoms with Gasteiger partial charge in [-0.2, -0.15) is 0 Å². The molecule has 17 heavy (non-hydrogen) atoms. The zero-order chi connectivity index (χ0) is 12.5. The minimum atomic E-state index is -2.52. The second kappa shape index (κ2) is 4.65. The highest BCUT2D eigenvalue weighted by Gasteiger charge is 2.34. The summed E-state index contributed by atoms with van der Waals surface area (Å²) in [6.45, 7) is 4.36. The first-order valence-corrected chi connectivity index (χ1v) is 5.94. The van der Waals surface area contributed by atoms with E-state index in [2.05, 4.69) is 6.58 Å². The molecule has 1 aliphatic rings. The Balaban J connectivity index is 2.16. The molecule has 0 saturated carbocycles. The predicted molar refractivity (Wildman–Crippen MR) is 67.9 cm³/mol. The SMILES string of the molecule is C=Cc1ccc(N2CCC(F)(F)CC2)c(Cl)c1. The van der Waals surface area contributed by atoms with E-state index in [1.807, 2.05) is 17.0 Å². The highest BCUT2D eigenvalue weighted by atomic mass is 35.5. The normalized spacial score (nSPS) is 19.1. The third-order valence-electron chi connectivity index (χ3n) is 3.04. The van der Waals surface area contributed by atoms with Gasteiger partial charge in [0, 0.05) is 25.9 Å². The van der Waals surface area contributed by atoms with Gasteiger partial charge in [0.05, 0.1) is 10.7 Å². The van der Waals surface area contributed by atoms with Gasteiger partial charge in [-0.3, -0.25) is 0 Å². The van der Waals surface area contributed by atoms with Crippen LogP contribution in [0.15, 0.2) is 24.8 Å². The summed E-state index contributed by atoms with van der Waals surface area (Å²) in [6, 6.07) is 5.56. The average Bonchev–Trinajstić information content (AvgIpc) is 2.29. The van der Waals surface area contributed by atoms with Crippen molar-refractivity contribution < 1.29 is 8.78 Å². The molecule has 0 bridgehead atoms. The van der Waals surface area contributed by atoms with Crippen LogP contribution in [0.2, 0.25) is 5.02 Å². The molecular formula is C13H14ClF2N. The first-order valence-electron chi connectivity index (χ1n) is 5.57. The molecule has 4 heteroatoms. The smallest absolute Gasteiger partial charge is 0.251 e. The first-order chi connectivity index (χ1) is 8.02. The molecule has 92 valence electrons. The van der Waals surface area contributed by atoms with Gasteiger partial charge in [0.1, 0.15) is 0 Å². The van der Waals surface area contributed by atoms with E-state index in [0.29, 0.717) is 18.1 Å². The van der Waals surface area contributed by atoms with E-state index >= 15 is 0 Å². The molecule has 0 N–H and O–H groups in total. The zero-order valence-corrected chi connectivity index (χ0v) is 10.2. The second-order valence-electron chi connectivity index (χ2n) is 4.26. The summed E-state index contributed by atoms with van der Waals surface area (Å²) in [5.74, 6) is -2.52. The van der Waals surface area contributed by atoms with Gasteiger partial charge >= 0.3 is 0 Å². The van der Waals surface area contributed by atoms with E-state index in [-0.39, 0.29) is 12.8 Å². The lowest BCUT2D eigenvalue weighted by molar-refractivity contribution is -0.0220. The highest BCUT2D eigenvalue weighted by molar-refractivity contribution is 6.33. The van der Waals surface area contributed by atoms with Crippen LogP contribution in [0.5, 0.6) is 0 Å². The van der Waals surface area contributed by atoms with Crippen LogP contribution in [-0.2, 0) is 0 Å². The molecule has 1 aliphatic heterocycles. The Hall–Kier alpha value is -1.09. The standard InChI is InChI=1S/C13H14ClF2N/c1-2-10-3-4-12(11(14)9-10)17-7-5-13(15,16)6-8-17/h2-4,9H,1,5-8H2. The number of nitrogens with zero attached hydrogens (tertiary/aromatic N) is 1. The van der Waals surface area contributed by atoms with Crippen LogP contribution in [0.1, 0.15) is 18.4 Å². The summed E-state index contributed by atoms with van der Waals surface area (Å²) in [7, 11) is 0. The summed E-state index contributed by atoms with van der Waals surface area (Å²) >= 11 is 6.14. The van der Waals surface area contributed by atoms with Crippen LogP contribution in [-0.4, -0.2) is 19.0 Å². The monoisotopic (exact) mass is 257 g/mol. The lowest BCUT2D eigenvalue weighted by Crippen LogP contribution is -2.39. The minimum Gasteiger partial charge on any atom is -0.370 e. The van der Waals surface area contributed by atoms with Crippen LogP contribution in [0.3, 0.4) is 0 Å². The molecule has 1 fully saturated rings. The van der Waals surface area contributed by atoms with Gasteiger partial charge in [-0.15, -0.1) is 0 Å². The van der Waals surface area contributed by atoms with Gasteiger partial charge < -0.3 is 4.90 Å². The van der Waals surface area contributed by atoms with Crippen LogP contribution < -0.4 is 4.90 Å². The maximum atomic E-state index is 13.0. The Bertz CT molecular complexity index is 421. The third-order valence-corrected chi connectivity index (χ3v) is 3.35. The summed E-state index contributed by atoms with van der Waals surface area (Å²) in [4.78, 5) is 1.91. The molecule has 0 spiro atoms. The Morgan fingerprint density at radius 2 is 1.94 bits per heavy atom. The molecule has 0 radical (unpaired) electrons. The fourth-order valence-electron chi connectivity index (χ4n) is 1.98. The quantitative estimate of drug-likeness (QED) is 0.767. The van der Waals surface area contributed by atoms with Crippen molar-refractivity contribution in [3.8, 4) is 0 Å². The van der Waals surface area contributed by atoms with E-state index in [0.717, 1.165) is 11.3 Å². The number of halogens is 3. The van der Waals surface area contributed by atoms with Crippen molar-refractivity contribution >= 4 is 23.4 Å². The van der Waals surface area contributed by atoms with Crippen molar-refractivity contribution in [2.75, 3.05) is 18.0 Å². The van der Waals surface area contributed by atoms with Crippen molar-refractivity contribution in [2.24, 2.45) is 0 Å². The third kappa shape index (κ3) is 2.78. The largest absolute Gasteiger partial charge is 0.370 e. The molecule has 0 atom stereocenters. The van der Waals surface area contributed by atoms with Crippen LogP contribution in [0.25, 0.3) is 6.08 Å². The van der Waals surface area contributed by atoms with Crippen molar-refractivity contribution in [1.82, 2.24) is 0 Å². The van der Waals surface area contributed by atoms with Crippen molar-refractivity contribution in [3.63, 3.8) is 0 Å². The van der Waals surface area contributed by atoms with E-state index in [4.69, 9.17) is 11.6 Å². The molecular weight excluding hydrogens is 244 g/mol. The van der Waals surface area contributed by atoms with Gasteiger partial charge in [-0.25, -0.2) is 8.78 Å². The van der Waals surface area contributed by atoms with Crippen LogP contribution in [0.4, 0.5) is 14.5 Å². The molecule has 0 aliphatic carbocycles. The van der Waals surface area contributed by atoms with Gasteiger partial charge in [0.25, 0.3) is 5.92 Å². The molecule has 1 nitrogen and oxygen atoms in total. The number of hydrogen-bond donors (Lipinski definition) is 0. The molecule has 1 aromatic carbocycles. The van der Waals surface area contributed by atoms with Gasteiger partial charge in [-0.05, 0) is 17.7 Å². The number of piperidine rings is 1. The van der Waals surface area contributed by atoms with E-state index < -0.39 is 5.92 Å². The number of benzene rings is 1. The molecule has 2 rings (SSSR count). The molecule has 0 amide bonds. The van der Waals surface area contributed by atoms with Crippen LogP contribution in [0, 0.1) is 0 Å². The summed E-state index contributed by atoms with van der Waals surface area (Å²) in [5, 5.41) is 0.590. The van der Waals surface area contributed by atoms with Gasteiger partial charge in [0.2, 0.25) is 0 Å². The Kier molecular flexibility index (Phi) is 3.38. The van der Waals surface area contributed by atoms with Gasteiger partial charge in [0.15, 0.2) is 0 Å². The molecule has 0 aromatic heterocycles. The Morgan fingerprint density at radius 3 is 2.47 bits per heavy atom. The Morgan fingerprint density at radius 1 is 1.29 bits per heavy atom. The number of alkyl halides is 2. The lowest BCUT2D eigenvalue weighted by Gasteiger charge is -2.33. The van der Waals surface area contributed by atoms with Gasteiger partial charge in [-0.1, -0.05) is 30.3 Å². The van der Waals surface area contributed by atoms with Crippen molar-refractivity contribution in [2.45, 2.75) is 18.8 Å². The summed E-state index contributed by atoms with van der Waals surface area (Å²) in [5.41, 5.74) is 1.76. The fraction of sp³-hybridized carbons (Fsp3) is 0.385. The molecule has 0 unspecified atom stereocenters. The molecule has 1 aromatic rings. The summed E-state index contributed by atoms with van der Waals surface area (Å²) < 4.78 is 26.1. The molecule has 1 heterocycles. The first kappa shape index (κ1) is 12.4. The second-order valence-corrected chi connectivity index (χ2v) is 4.67.